The highest BCUT2D eigenvalue weighted by Crippen LogP contribution is 2.29. The molecule has 1 amide bonds. The number of carbonyl (C=O) groups is 1. The van der Waals surface area contributed by atoms with Crippen molar-refractivity contribution in [3.63, 3.8) is 0 Å². The molecule has 1 N–H and O–H groups in total. The maximum absolute atomic E-state index is 12.8. The molecule has 1 aliphatic rings. The maximum Gasteiger partial charge on any atom is 0.401 e. The standard InChI is InChI=1S/C20H21F3N4O3/c21-20(22,23)14-25-9-4-10-26(12-11-25)19(28)15-7-8-17(18(13-15)27(29)30)24-16-5-2-1-3-6-16/h1-3,5-8,13,24H,4,9-12,14H2. The van der Waals surface area contributed by atoms with Gasteiger partial charge in [-0.1, -0.05) is 18.2 Å². The molecule has 10 heteroatoms. The third-order valence-corrected chi connectivity index (χ3v) is 4.77. The monoisotopic (exact) mass is 422 g/mol. The van der Waals surface area contributed by atoms with Gasteiger partial charge in [0.05, 0.1) is 11.5 Å². The molecule has 0 atom stereocenters. The molecule has 0 unspecified atom stereocenters. The largest absolute Gasteiger partial charge is 0.401 e. The Morgan fingerprint density at radius 2 is 1.80 bits per heavy atom. The minimum Gasteiger partial charge on any atom is -0.350 e. The first-order valence-electron chi connectivity index (χ1n) is 9.42. The smallest absolute Gasteiger partial charge is 0.350 e. The second-order valence-corrected chi connectivity index (χ2v) is 7.02. The Bertz CT molecular complexity index is 906. The molecule has 7 nitrogen and oxygen atoms in total. The third kappa shape index (κ3) is 5.69. The molecule has 1 heterocycles. The van der Waals surface area contributed by atoms with Crippen LogP contribution in [0.1, 0.15) is 16.8 Å². The number of carbonyl (C=O) groups excluding carboxylic acids is 1. The van der Waals surface area contributed by atoms with Gasteiger partial charge in [0.2, 0.25) is 0 Å². The average molecular weight is 422 g/mol. The van der Waals surface area contributed by atoms with Gasteiger partial charge in [-0.2, -0.15) is 13.2 Å². The lowest BCUT2D eigenvalue weighted by Gasteiger charge is -2.23. The normalized spacial score (nSPS) is 15.5. The number of hydrogen-bond donors (Lipinski definition) is 1. The van der Waals surface area contributed by atoms with Crippen LogP contribution in [-0.4, -0.2) is 59.5 Å². The first-order chi connectivity index (χ1) is 14.2. The number of anilines is 2. The predicted molar refractivity (Wildman–Crippen MR) is 106 cm³/mol. The Morgan fingerprint density at radius 3 is 2.47 bits per heavy atom. The molecule has 2 aromatic rings. The highest BCUT2D eigenvalue weighted by molar-refractivity contribution is 5.96. The molecule has 160 valence electrons. The molecule has 2 aromatic carbocycles. The van der Waals surface area contributed by atoms with Crippen molar-refractivity contribution in [3.05, 3.63) is 64.2 Å². The van der Waals surface area contributed by atoms with E-state index >= 15 is 0 Å². The van der Waals surface area contributed by atoms with Gasteiger partial charge in [0.25, 0.3) is 11.6 Å². The summed E-state index contributed by atoms with van der Waals surface area (Å²) in [4.78, 5) is 26.5. The summed E-state index contributed by atoms with van der Waals surface area (Å²) in [6, 6.07) is 13.1. The lowest BCUT2D eigenvalue weighted by atomic mass is 10.1. The lowest BCUT2D eigenvalue weighted by molar-refractivity contribution is -0.383. The molecule has 0 radical (unpaired) electrons. The van der Waals surface area contributed by atoms with Crippen LogP contribution in [-0.2, 0) is 0 Å². The van der Waals surface area contributed by atoms with Gasteiger partial charge in [-0.05, 0) is 30.7 Å². The Balaban J connectivity index is 1.74. The molecular formula is C20H21F3N4O3. The minimum absolute atomic E-state index is 0.0982. The summed E-state index contributed by atoms with van der Waals surface area (Å²) in [5, 5.41) is 14.5. The quantitative estimate of drug-likeness (QED) is 0.581. The van der Waals surface area contributed by atoms with E-state index in [1.54, 1.807) is 24.3 Å². The van der Waals surface area contributed by atoms with E-state index in [0.717, 1.165) is 0 Å². The first kappa shape index (κ1) is 21.6. The van der Waals surface area contributed by atoms with Crippen molar-refractivity contribution >= 4 is 23.0 Å². The van der Waals surface area contributed by atoms with Gasteiger partial charge in [-0.3, -0.25) is 19.8 Å². The summed E-state index contributed by atoms with van der Waals surface area (Å²) in [5.41, 5.74) is 0.787. The average Bonchev–Trinajstić information content (AvgIpc) is 2.92. The summed E-state index contributed by atoms with van der Waals surface area (Å²) in [6.07, 6.45) is -3.89. The van der Waals surface area contributed by atoms with E-state index in [4.69, 9.17) is 0 Å². The van der Waals surface area contributed by atoms with Gasteiger partial charge in [0.15, 0.2) is 0 Å². The zero-order valence-electron chi connectivity index (χ0n) is 16.1. The molecular weight excluding hydrogens is 401 g/mol. The maximum atomic E-state index is 12.8. The molecule has 0 aliphatic carbocycles. The topological polar surface area (TPSA) is 78.7 Å². The van der Waals surface area contributed by atoms with Gasteiger partial charge in [-0.15, -0.1) is 0 Å². The number of amides is 1. The van der Waals surface area contributed by atoms with Crippen LogP contribution in [0, 0.1) is 10.1 Å². The van der Waals surface area contributed by atoms with Gasteiger partial charge in [-0.25, -0.2) is 0 Å². The van der Waals surface area contributed by atoms with E-state index < -0.39 is 23.6 Å². The van der Waals surface area contributed by atoms with Crippen LogP contribution >= 0.6 is 0 Å². The van der Waals surface area contributed by atoms with Crippen molar-refractivity contribution < 1.29 is 22.9 Å². The molecule has 1 aliphatic heterocycles. The number of halogens is 3. The van der Waals surface area contributed by atoms with Gasteiger partial charge >= 0.3 is 6.18 Å². The summed E-state index contributed by atoms with van der Waals surface area (Å²) in [7, 11) is 0. The Morgan fingerprint density at radius 1 is 1.07 bits per heavy atom. The van der Waals surface area contributed by atoms with E-state index in [0.29, 0.717) is 18.7 Å². The van der Waals surface area contributed by atoms with Crippen LogP contribution in [0.2, 0.25) is 0 Å². The van der Waals surface area contributed by atoms with Crippen molar-refractivity contribution in [1.29, 1.82) is 0 Å². The third-order valence-electron chi connectivity index (χ3n) is 4.77. The molecule has 0 spiro atoms. The van der Waals surface area contributed by atoms with Crippen molar-refractivity contribution in [1.82, 2.24) is 9.80 Å². The van der Waals surface area contributed by atoms with Crippen molar-refractivity contribution in [3.8, 4) is 0 Å². The van der Waals surface area contributed by atoms with Crippen LogP contribution in [0.5, 0.6) is 0 Å². The molecule has 30 heavy (non-hydrogen) atoms. The van der Waals surface area contributed by atoms with Crippen LogP contribution in [0.15, 0.2) is 48.5 Å². The number of nitrogens with zero attached hydrogens (tertiary/aromatic N) is 3. The second-order valence-electron chi connectivity index (χ2n) is 7.02. The summed E-state index contributed by atoms with van der Waals surface area (Å²) >= 11 is 0. The highest BCUT2D eigenvalue weighted by atomic mass is 19.4. The van der Waals surface area contributed by atoms with Crippen LogP contribution < -0.4 is 5.32 Å². The molecule has 0 saturated carbocycles. The summed E-state index contributed by atoms with van der Waals surface area (Å²) in [5.74, 6) is -0.432. The Labute approximate surface area is 171 Å². The number of alkyl halides is 3. The number of nitrogens with one attached hydrogen (secondary N) is 1. The van der Waals surface area contributed by atoms with Gasteiger partial charge < -0.3 is 10.2 Å². The van der Waals surface area contributed by atoms with Crippen molar-refractivity contribution in [2.75, 3.05) is 38.0 Å². The fraction of sp³-hybridized carbons (Fsp3) is 0.350. The highest BCUT2D eigenvalue weighted by Gasteiger charge is 2.32. The Kier molecular flexibility index (Phi) is 6.56. The number of benzene rings is 2. The molecule has 0 bridgehead atoms. The zero-order valence-corrected chi connectivity index (χ0v) is 16.1. The van der Waals surface area contributed by atoms with Crippen LogP contribution in [0.25, 0.3) is 0 Å². The molecule has 1 fully saturated rings. The zero-order chi connectivity index (χ0) is 21.7. The summed E-state index contributed by atoms with van der Waals surface area (Å²) < 4.78 is 37.8. The van der Waals surface area contributed by atoms with E-state index in [1.165, 1.54) is 28.0 Å². The lowest BCUT2D eigenvalue weighted by Crippen LogP contribution is -2.38. The number of hydrogen-bond acceptors (Lipinski definition) is 5. The number of rotatable bonds is 5. The van der Waals surface area contributed by atoms with Gasteiger partial charge in [0.1, 0.15) is 5.69 Å². The molecule has 1 saturated heterocycles. The minimum atomic E-state index is -4.29. The van der Waals surface area contributed by atoms with Crippen molar-refractivity contribution in [2.24, 2.45) is 0 Å². The second kappa shape index (κ2) is 9.12. The summed E-state index contributed by atoms with van der Waals surface area (Å²) in [6.45, 7) is -0.248. The van der Waals surface area contributed by atoms with E-state index in [2.05, 4.69) is 5.32 Å². The molecule has 3 rings (SSSR count). The van der Waals surface area contributed by atoms with E-state index in [9.17, 15) is 28.1 Å². The van der Waals surface area contributed by atoms with Crippen LogP contribution in [0.4, 0.5) is 30.2 Å². The van der Waals surface area contributed by atoms with E-state index in [1.807, 2.05) is 6.07 Å². The fourth-order valence-corrected chi connectivity index (χ4v) is 3.37. The fourth-order valence-electron chi connectivity index (χ4n) is 3.37. The van der Waals surface area contributed by atoms with Gasteiger partial charge in [0, 0.05) is 43.5 Å². The van der Waals surface area contributed by atoms with Crippen LogP contribution in [0.3, 0.4) is 0 Å². The SMILES string of the molecule is O=C(c1ccc(Nc2ccccc2)c([N+](=O)[O-])c1)N1CCCN(CC(F)(F)F)CC1. The molecule has 0 aromatic heterocycles. The number of para-hydroxylation sites is 1. The van der Waals surface area contributed by atoms with E-state index in [-0.39, 0.29) is 36.6 Å². The number of nitro benzene ring substituents is 1. The first-order valence-corrected chi connectivity index (χ1v) is 9.42. The predicted octanol–water partition coefficient (Wildman–Crippen LogP) is 4.05. The number of nitro groups is 1. The Hall–Kier alpha value is -3.14. The van der Waals surface area contributed by atoms with Crippen molar-refractivity contribution in [2.45, 2.75) is 12.6 Å².